The van der Waals surface area contributed by atoms with Crippen molar-refractivity contribution in [2.45, 2.75) is 19.9 Å². The van der Waals surface area contributed by atoms with Crippen LogP contribution in [0.5, 0.6) is 11.5 Å². The Hall–Kier alpha value is -2.31. The number of rotatable bonds is 3. The lowest BCUT2D eigenvalue weighted by molar-refractivity contribution is 0.297. The van der Waals surface area contributed by atoms with E-state index >= 15 is 0 Å². The van der Waals surface area contributed by atoms with E-state index in [1.807, 2.05) is 25.1 Å². The van der Waals surface area contributed by atoms with Crippen molar-refractivity contribution in [1.29, 1.82) is 0 Å². The first-order chi connectivity index (χ1) is 12.6. The number of hydrogen-bond acceptors (Lipinski definition) is 5. The summed E-state index contributed by atoms with van der Waals surface area (Å²) < 4.78 is 12.8. The number of aryl methyl sites for hydroxylation is 1. The van der Waals surface area contributed by atoms with Gasteiger partial charge in [-0.3, -0.25) is 4.79 Å². The number of fused-ring (bicyclic) bond motifs is 1. The van der Waals surface area contributed by atoms with E-state index < -0.39 is 0 Å². The molecule has 0 saturated carbocycles. The van der Waals surface area contributed by atoms with Gasteiger partial charge in [-0.1, -0.05) is 11.6 Å². The van der Waals surface area contributed by atoms with Gasteiger partial charge in [-0.2, -0.15) is 5.10 Å². The summed E-state index contributed by atoms with van der Waals surface area (Å²) in [7, 11) is 0. The molecule has 0 bridgehead atoms. The molecule has 1 aliphatic rings. The van der Waals surface area contributed by atoms with Crippen LogP contribution in [0.15, 0.2) is 41.2 Å². The van der Waals surface area contributed by atoms with Gasteiger partial charge in [0, 0.05) is 17.4 Å². The van der Waals surface area contributed by atoms with Crippen molar-refractivity contribution in [2.75, 3.05) is 13.2 Å². The van der Waals surface area contributed by atoms with E-state index in [1.165, 1.54) is 9.56 Å². The van der Waals surface area contributed by atoms with Crippen LogP contribution in [0.25, 0.3) is 10.6 Å². The second-order valence-corrected chi connectivity index (χ2v) is 7.78. The van der Waals surface area contributed by atoms with Gasteiger partial charge >= 0.3 is 0 Å². The van der Waals surface area contributed by atoms with E-state index in [0.29, 0.717) is 36.3 Å². The molecule has 0 atom stereocenters. The van der Waals surface area contributed by atoms with Crippen LogP contribution in [0.4, 0.5) is 0 Å². The minimum absolute atomic E-state index is 0.162. The van der Waals surface area contributed by atoms with E-state index in [1.54, 1.807) is 29.5 Å². The van der Waals surface area contributed by atoms with Crippen molar-refractivity contribution < 1.29 is 9.47 Å². The Kier molecular flexibility index (Phi) is 4.70. The second kappa shape index (κ2) is 7.13. The highest BCUT2D eigenvalue weighted by Crippen LogP contribution is 2.38. The summed E-state index contributed by atoms with van der Waals surface area (Å²) in [5, 5.41) is 4.99. The molecule has 4 rings (SSSR count). The third-order valence-corrected chi connectivity index (χ3v) is 5.36. The molecule has 7 heteroatoms. The van der Waals surface area contributed by atoms with Crippen LogP contribution in [0.3, 0.4) is 0 Å². The summed E-state index contributed by atoms with van der Waals surface area (Å²) in [6, 6.07) is 11.0. The van der Waals surface area contributed by atoms with Gasteiger partial charge in [0.2, 0.25) is 0 Å². The van der Waals surface area contributed by atoms with Crippen LogP contribution in [-0.4, -0.2) is 23.0 Å². The molecule has 0 N–H and O–H groups in total. The zero-order valence-corrected chi connectivity index (χ0v) is 15.8. The van der Waals surface area contributed by atoms with Crippen LogP contribution in [0.1, 0.15) is 16.9 Å². The van der Waals surface area contributed by atoms with Gasteiger partial charge in [0.25, 0.3) is 5.56 Å². The molecule has 3 aromatic rings. The largest absolute Gasteiger partial charge is 0.489 e. The minimum atomic E-state index is -0.162. The third kappa shape index (κ3) is 3.48. The third-order valence-electron chi connectivity index (χ3n) is 4.05. The average Bonchev–Trinajstić information content (AvgIpc) is 2.90. The van der Waals surface area contributed by atoms with Gasteiger partial charge < -0.3 is 9.47 Å². The van der Waals surface area contributed by atoms with E-state index in [4.69, 9.17) is 21.1 Å². The topological polar surface area (TPSA) is 53.4 Å². The summed E-state index contributed by atoms with van der Waals surface area (Å²) in [5.74, 6) is 1.18. The smallest absolute Gasteiger partial charge is 0.267 e. The molecule has 0 amide bonds. The molecule has 134 valence electrons. The molecule has 0 aliphatic carbocycles. The minimum Gasteiger partial charge on any atom is -0.489 e. The normalized spacial score (nSPS) is 13.5. The molecule has 1 aromatic carbocycles. The zero-order chi connectivity index (χ0) is 18.1. The molecule has 0 saturated heterocycles. The molecular weight excluding hydrogens is 372 g/mol. The quantitative estimate of drug-likeness (QED) is 0.676. The van der Waals surface area contributed by atoms with Crippen molar-refractivity contribution in [3.8, 4) is 22.1 Å². The Bertz CT molecular complexity index is 1010. The van der Waals surface area contributed by atoms with E-state index in [-0.39, 0.29) is 5.56 Å². The van der Waals surface area contributed by atoms with Gasteiger partial charge in [-0.05, 0) is 42.8 Å². The highest BCUT2D eigenvalue weighted by Gasteiger charge is 2.16. The molecule has 0 spiro atoms. The Morgan fingerprint density at radius 3 is 2.85 bits per heavy atom. The lowest BCUT2D eigenvalue weighted by atomic mass is 10.2. The van der Waals surface area contributed by atoms with Gasteiger partial charge in [0.05, 0.1) is 29.7 Å². The standard InChI is InChI=1S/C19H17ClN2O3S/c1-12-3-5-17(26-12)15-4-6-18(23)22(21-15)11-13-9-14(20)19-16(10-13)24-7-2-8-25-19/h3-6,9-10H,2,7-8,11H2,1H3. The maximum atomic E-state index is 12.3. The molecule has 0 unspecified atom stereocenters. The SMILES string of the molecule is Cc1ccc(-c2ccc(=O)n(Cc3cc(Cl)c4c(c3)OCCCO4)n2)s1. The van der Waals surface area contributed by atoms with E-state index in [9.17, 15) is 4.79 Å². The summed E-state index contributed by atoms with van der Waals surface area (Å²) >= 11 is 7.99. The number of thiophene rings is 1. The summed E-state index contributed by atoms with van der Waals surface area (Å²) in [5.41, 5.74) is 1.46. The number of hydrogen-bond donors (Lipinski definition) is 0. The molecule has 2 aromatic heterocycles. The summed E-state index contributed by atoms with van der Waals surface area (Å²) in [4.78, 5) is 14.5. The monoisotopic (exact) mass is 388 g/mol. The lowest BCUT2D eigenvalue weighted by Gasteiger charge is -2.12. The second-order valence-electron chi connectivity index (χ2n) is 6.08. The summed E-state index contributed by atoms with van der Waals surface area (Å²) in [6.07, 6.45) is 0.809. The summed E-state index contributed by atoms with van der Waals surface area (Å²) in [6.45, 7) is 3.52. The number of benzene rings is 1. The molecule has 1 aliphatic heterocycles. The van der Waals surface area contributed by atoms with Crippen molar-refractivity contribution in [3.05, 3.63) is 62.2 Å². The predicted octanol–water partition coefficient (Wildman–Crippen LogP) is 4.14. The van der Waals surface area contributed by atoms with E-state index in [2.05, 4.69) is 5.10 Å². The van der Waals surface area contributed by atoms with Crippen molar-refractivity contribution in [3.63, 3.8) is 0 Å². The Morgan fingerprint density at radius 2 is 2.04 bits per heavy atom. The highest BCUT2D eigenvalue weighted by molar-refractivity contribution is 7.15. The van der Waals surface area contributed by atoms with Crippen molar-refractivity contribution in [2.24, 2.45) is 0 Å². The van der Waals surface area contributed by atoms with Crippen LogP contribution in [0, 0.1) is 6.92 Å². The molecule has 26 heavy (non-hydrogen) atoms. The molecule has 0 fully saturated rings. The first-order valence-electron chi connectivity index (χ1n) is 8.33. The van der Waals surface area contributed by atoms with Crippen LogP contribution in [0.2, 0.25) is 5.02 Å². The zero-order valence-electron chi connectivity index (χ0n) is 14.2. The number of nitrogens with zero attached hydrogens (tertiary/aromatic N) is 2. The van der Waals surface area contributed by atoms with Gasteiger partial charge in [-0.25, -0.2) is 4.68 Å². The van der Waals surface area contributed by atoms with Crippen LogP contribution in [-0.2, 0) is 6.54 Å². The molecule has 3 heterocycles. The molecule has 0 radical (unpaired) electrons. The van der Waals surface area contributed by atoms with Crippen LogP contribution < -0.4 is 15.0 Å². The highest BCUT2D eigenvalue weighted by atomic mass is 35.5. The first kappa shape index (κ1) is 17.1. The van der Waals surface area contributed by atoms with Crippen LogP contribution >= 0.6 is 22.9 Å². The first-order valence-corrected chi connectivity index (χ1v) is 9.52. The molecular formula is C19H17ClN2O3S. The predicted molar refractivity (Wildman–Crippen MR) is 103 cm³/mol. The number of aromatic nitrogens is 2. The molecule has 5 nitrogen and oxygen atoms in total. The van der Waals surface area contributed by atoms with Gasteiger partial charge in [0.15, 0.2) is 11.5 Å². The average molecular weight is 389 g/mol. The van der Waals surface area contributed by atoms with Gasteiger partial charge in [-0.15, -0.1) is 11.3 Å². The fourth-order valence-electron chi connectivity index (χ4n) is 2.81. The fraction of sp³-hybridized carbons (Fsp3) is 0.263. The number of ether oxygens (including phenoxy) is 2. The van der Waals surface area contributed by atoms with Crippen molar-refractivity contribution >= 4 is 22.9 Å². The Morgan fingerprint density at radius 1 is 1.19 bits per heavy atom. The van der Waals surface area contributed by atoms with E-state index in [0.717, 1.165) is 22.6 Å². The Labute approximate surface area is 159 Å². The lowest BCUT2D eigenvalue weighted by Crippen LogP contribution is -2.22. The maximum absolute atomic E-state index is 12.3. The Balaban J connectivity index is 1.68. The maximum Gasteiger partial charge on any atom is 0.267 e. The van der Waals surface area contributed by atoms with Crippen molar-refractivity contribution in [1.82, 2.24) is 9.78 Å². The fourth-order valence-corrected chi connectivity index (χ4v) is 3.93. The van der Waals surface area contributed by atoms with Gasteiger partial charge in [0.1, 0.15) is 5.69 Å². The number of halogens is 1.